The van der Waals surface area contributed by atoms with Crippen LogP contribution in [-0.2, 0) is 0 Å². The van der Waals surface area contributed by atoms with E-state index in [4.69, 9.17) is 23.2 Å². The summed E-state index contributed by atoms with van der Waals surface area (Å²) >= 11 is 11.3. The van der Waals surface area contributed by atoms with E-state index in [1.165, 1.54) is 0 Å². The summed E-state index contributed by atoms with van der Waals surface area (Å²) in [6, 6.07) is 0. The van der Waals surface area contributed by atoms with Gasteiger partial charge in [-0.2, -0.15) is 0 Å². The Morgan fingerprint density at radius 1 is 1.36 bits per heavy atom. The quantitative estimate of drug-likeness (QED) is 0.514. The standard InChI is InChI=1S/C7H14Cl2FN/c1-7(5-8,6-9)11-4-2-3-10/h11H,2-6H2,1H3. The Hall–Kier alpha value is 0.470. The lowest BCUT2D eigenvalue weighted by molar-refractivity contribution is 0.398. The molecule has 0 radical (unpaired) electrons. The fourth-order valence-corrected chi connectivity index (χ4v) is 1.06. The lowest BCUT2D eigenvalue weighted by Crippen LogP contribution is -2.46. The van der Waals surface area contributed by atoms with Crippen molar-refractivity contribution in [1.82, 2.24) is 5.32 Å². The average molecular weight is 202 g/mol. The van der Waals surface area contributed by atoms with Gasteiger partial charge in [0, 0.05) is 17.3 Å². The van der Waals surface area contributed by atoms with E-state index in [0.29, 0.717) is 24.7 Å². The first kappa shape index (κ1) is 11.5. The van der Waals surface area contributed by atoms with E-state index in [1.54, 1.807) is 0 Å². The van der Waals surface area contributed by atoms with Gasteiger partial charge >= 0.3 is 0 Å². The molecule has 0 fully saturated rings. The van der Waals surface area contributed by atoms with Gasteiger partial charge in [-0.1, -0.05) is 0 Å². The van der Waals surface area contributed by atoms with E-state index in [1.807, 2.05) is 6.92 Å². The number of alkyl halides is 3. The average Bonchev–Trinajstić information content (AvgIpc) is 2.05. The van der Waals surface area contributed by atoms with Crippen LogP contribution in [0.1, 0.15) is 13.3 Å². The second-order valence-electron chi connectivity index (χ2n) is 2.80. The zero-order valence-corrected chi connectivity index (χ0v) is 8.18. The highest BCUT2D eigenvalue weighted by molar-refractivity contribution is 6.22. The maximum Gasteiger partial charge on any atom is 0.0906 e. The molecule has 0 bridgehead atoms. The van der Waals surface area contributed by atoms with E-state index in [2.05, 4.69) is 5.32 Å². The highest BCUT2D eigenvalue weighted by Crippen LogP contribution is 2.08. The predicted molar refractivity (Wildman–Crippen MR) is 48.4 cm³/mol. The number of hydrogen-bond donors (Lipinski definition) is 1. The van der Waals surface area contributed by atoms with Crippen LogP contribution in [0.5, 0.6) is 0 Å². The molecule has 11 heavy (non-hydrogen) atoms. The minimum Gasteiger partial charge on any atom is -0.309 e. The molecule has 0 saturated carbocycles. The Bertz CT molecular complexity index is 96.4. The van der Waals surface area contributed by atoms with Crippen LogP contribution in [-0.4, -0.2) is 30.5 Å². The predicted octanol–water partition coefficient (Wildman–Crippen LogP) is 2.17. The van der Waals surface area contributed by atoms with Gasteiger partial charge in [0.2, 0.25) is 0 Å². The summed E-state index contributed by atoms with van der Waals surface area (Å²) in [6.07, 6.45) is 0.517. The van der Waals surface area contributed by atoms with Crippen LogP contribution in [0.3, 0.4) is 0 Å². The van der Waals surface area contributed by atoms with Crippen molar-refractivity contribution in [2.75, 3.05) is 25.0 Å². The second kappa shape index (κ2) is 6.04. The zero-order valence-electron chi connectivity index (χ0n) is 6.67. The largest absolute Gasteiger partial charge is 0.309 e. The summed E-state index contributed by atoms with van der Waals surface area (Å²) < 4.78 is 11.7. The third kappa shape index (κ3) is 4.83. The zero-order chi connectivity index (χ0) is 8.74. The molecule has 0 aliphatic rings. The summed E-state index contributed by atoms with van der Waals surface area (Å²) in [6.45, 7) is 2.26. The van der Waals surface area contributed by atoms with Crippen molar-refractivity contribution in [3.05, 3.63) is 0 Å². The van der Waals surface area contributed by atoms with Crippen molar-refractivity contribution in [2.24, 2.45) is 0 Å². The van der Waals surface area contributed by atoms with Crippen LogP contribution >= 0.6 is 23.2 Å². The first-order chi connectivity index (χ1) is 5.18. The van der Waals surface area contributed by atoms with E-state index < -0.39 is 0 Å². The van der Waals surface area contributed by atoms with Crippen LogP contribution < -0.4 is 5.32 Å². The summed E-state index contributed by atoms with van der Waals surface area (Å²) in [5.74, 6) is 0.894. The van der Waals surface area contributed by atoms with E-state index in [0.717, 1.165) is 0 Å². The summed E-state index contributed by atoms with van der Waals surface area (Å²) in [7, 11) is 0. The molecule has 0 atom stereocenters. The molecule has 0 spiro atoms. The molecule has 1 N–H and O–H groups in total. The summed E-state index contributed by atoms with van der Waals surface area (Å²) in [4.78, 5) is 0. The first-order valence-corrected chi connectivity index (χ1v) is 4.68. The normalized spacial score (nSPS) is 12.0. The van der Waals surface area contributed by atoms with Crippen LogP contribution in [0.2, 0.25) is 0 Å². The highest BCUT2D eigenvalue weighted by Gasteiger charge is 2.20. The molecule has 0 aromatic heterocycles. The van der Waals surface area contributed by atoms with Crippen molar-refractivity contribution >= 4 is 23.2 Å². The van der Waals surface area contributed by atoms with Gasteiger partial charge < -0.3 is 5.32 Å². The Balaban J connectivity index is 3.51. The molecule has 1 nitrogen and oxygen atoms in total. The molecule has 0 aliphatic carbocycles. The maximum atomic E-state index is 11.7. The number of rotatable bonds is 6. The SMILES string of the molecule is CC(CCl)(CCl)NCCCF. The Labute approximate surface area is 77.3 Å². The summed E-state index contributed by atoms with van der Waals surface area (Å²) in [5.41, 5.74) is -0.252. The van der Waals surface area contributed by atoms with Gasteiger partial charge in [0.25, 0.3) is 0 Å². The van der Waals surface area contributed by atoms with E-state index in [-0.39, 0.29) is 12.2 Å². The van der Waals surface area contributed by atoms with Gasteiger partial charge in [-0.25, -0.2) is 0 Å². The maximum absolute atomic E-state index is 11.7. The molecule has 0 rings (SSSR count). The molecule has 4 heteroatoms. The van der Waals surface area contributed by atoms with Crippen molar-refractivity contribution in [3.8, 4) is 0 Å². The van der Waals surface area contributed by atoms with Crippen LogP contribution in [0.25, 0.3) is 0 Å². The Kier molecular flexibility index (Phi) is 6.30. The van der Waals surface area contributed by atoms with Crippen molar-refractivity contribution < 1.29 is 4.39 Å². The van der Waals surface area contributed by atoms with Crippen molar-refractivity contribution in [3.63, 3.8) is 0 Å². The molecule has 0 amide bonds. The Morgan fingerprint density at radius 3 is 2.27 bits per heavy atom. The van der Waals surface area contributed by atoms with Crippen LogP contribution in [0.4, 0.5) is 4.39 Å². The number of halogens is 3. The first-order valence-electron chi connectivity index (χ1n) is 3.61. The molecule has 0 saturated heterocycles. The lowest BCUT2D eigenvalue weighted by atomic mass is 10.1. The van der Waals surface area contributed by atoms with Crippen LogP contribution in [0, 0.1) is 0 Å². The van der Waals surface area contributed by atoms with Crippen molar-refractivity contribution in [2.45, 2.75) is 18.9 Å². The van der Waals surface area contributed by atoms with E-state index in [9.17, 15) is 4.39 Å². The molecular formula is C7H14Cl2FN. The van der Waals surface area contributed by atoms with Crippen molar-refractivity contribution in [1.29, 1.82) is 0 Å². The highest BCUT2D eigenvalue weighted by atomic mass is 35.5. The minimum atomic E-state index is -0.298. The van der Waals surface area contributed by atoms with Gasteiger partial charge in [-0.05, 0) is 19.9 Å². The summed E-state index contributed by atoms with van der Waals surface area (Å²) in [5, 5.41) is 3.09. The molecule has 0 aliphatic heterocycles. The smallest absolute Gasteiger partial charge is 0.0906 e. The molecular weight excluding hydrogens is 188 g/mol. The monoisotopic (exact) mass is 201 g/mol. The Morgan fingerprint density at radius 2 is 1.91 bits per heavy atom. The van der Waals surface area contributed by atoms with Gasteiger partial charge in [0.05, 0.1) is 6.67 Å². The van der Waals surface area contributed by atoms with Gasteiger partial charge in [-0.15, -0.1) is 23.2 Å². The topological polar surface area (TPSA) is 12.0 Å². The third-order valence-corrected chi connectivity index (χ3v) is 2.63. The third-order valence-electron chi connectivity index (χ3n) is 1.45. The fourth-order valence-electron chi connectivity index (χ4n) is 0.587. The molecule has 0 aromatic carbocycles. The molecule has 0 unspecified atom stereocenters. The second-order valence-corrected chi connectivity index (χ2v) is 3.33. The number of nitrogens with one attached hydrogen (secondary N) is 1. The van der Waals surface area contributed by atoms with Gasteiger partial charge in [0.1, 0.15) is 0 Å². The molecule has 0 heterocycles. The fraction of sp³-hybridized carbons (Fsp3) is 1.00. The molecule has 0 aromatic rings. The van der Waals surface area contributed by atoms with Gasteiger partial charge in [0.15, 0.2) is 0 Å². The molecule has 68 valence electrons. The van der Waals surface area contributed by atoms with Crippen LogP contribution in [0.15, 0.2) is 0 Å². The van der Waals surface area contributed by atoms with E-state index >= 15 is 0 Å². The van der Waals surface area contributed by atoms with Gasteiger partial charge in [-0.3, -0.25) is 4.39 Å². The number of hydrogen-bond acceptors (Lipinski definition) is 1. The minimum absolute atomic E-state index is 0.252. The lowest BCUT2D eigenvalue weighted by Gasteiger charge is -2.25.